The molecule has 0 amide bonds. The number of benzene rings is 4. The quantitative estimate of drug-likeness (QED) is 0.0337. The molecule has 0 unspecified atom stereocenters. The Kier molecular flexibility index (Phi) is 27.5. The van der Waals surface area contributed by atoms with E-state index in [0.717, 1.165) is 56.6 Å². The van der Waals surface area contributed by atoms with E-state index in [-0.39, 0.29) is 14.0 Å². The van der Waals surface area contributed by atoms with Gasteiger partial charge in [0.2, 0.25) is 0 Å². The van der Waals surface area contributed by atoms with Crippen molar-refractivity contribution in [1.82, 2.24) is 9.97 Å². The second kappa shape index (κ2) is 33.4. The first-order valence-corrected chi connectivity index (χ1v) is 23.8. The number of aryl methyl sites for hydroxylation is 2. The van der Waals surface area contributed by atoms with Gasteiger partial charge in [0.25, 0.3) is 0 Å². The van der Waals surface area contributed by atoms with Gasteiger partial charge in [0.15, 0.2) is 0 Å². The van der Waals surface area contributed by atoms with Gasteiger partial charge in [-0.05, 0) is 97.8 Å². The number of fused-ring (bicyclic) bond motifs is 2. The molecule has 0 saturated carbocycles. The summed E-state index contributed by atoms with van der Waals surface area (Å²) in [6.45, 7) is 15.0. The van der Waals surface area contributed by atoms with Crippen LogP contribution in [0.15, 0.2) is 84.9 Å². The van der Waals surface area contributed by atoms with Crippen LogP contribution in [0.3, 0.4) is 0 Å². The van der Waals surface area contributed by atoms with Crippen LogP contribution in [0.5, 0.6) is 0 Å². The van der Waals surface area contributed by atoms with Crippen molar-refractivity contribution in [1.29, 1.82) is 0 Å². The maximum absolute atomic E-state index is 8.58. The van der Waals surface area contributed by atoms with E-state index >= 15 is 0 Å². The van der Waals surface area contributed by atoms with Crippen LogP contribution < -0.4 is 10.6 Å². The van der Waals surface area contributed by atoms with Crippen molar-refractivity contribution in [3.8, 4) is 21.1 Å². The van der Waals surface area contributed by atoms with Gasteiger partial charge in [0.05, 0.1) is 139 Å². The summed E-state index contributed by atoms with van der Waals surface area (Å²) < 4.78 is 50.7. The average Bonchev–Trinajstić information content (AvgIpc) is 3.95. The Morgan fingerprint density at radius 1 is 0.439 bits per heavy atom. The highest BCUT2D eigenvalue weighted by atomic mass is 32.1. The van der Waals surface area contributed by atoms with E-state index in [1.54, 1.807) is 29.8 Å². The number of nitrogens with zero attached hydrogens (tertiary/aromatic N) is 2. The molecule has 0 aliphatic rings. The number of aliphatic hydroxyl groups excluding tert-OH is 1. The molecule has 362 valence electrons. The smallest absolute Gasteiger partial charge is 0.124 e. The number of methoxy groups -OCH3 is 1. The van der Waals surface area contributed by atoms with Gasteiger partial charge in [-0.1, -0.05) is 19.6 Å². The predicted molar refractivity (Wildman–Crippen MR) is 269 cm³/mol. The topological polar surface area (TPSA) is 153 Å². The summed E-state index contributed by atoms with van der Waals surface area (Å²) in [5, 5.41) is 17.4. The van der Waals surface area contributed by atoms with Crippen molar-refractivity contribution in [3.05, 3.63) is 96.1 Å². The van der Waals surface area contributed by atoms with Crippen LogP contribution in [0, 0.1) is 13.8 Å². The van der Waals surface area contributed by atoms with Gasteiger partial charge in [-0.2, -0.15) is 0 Å². The van der Waals surface area contributed by atoms with Crippen LogP contribution in [0.1, 0.15) is 18.6 Å². The Labute approximate surface area is 398 Å². The molecule has 0 saturated heterocycles. The van der Waals surface area contributed by atoms with Crippen LogP contribution in [0.4, 0.5) is 11.4 Å². The lowest BCUT2D eigenvalue weighted by Gasteiger charge is -2.09. The van der Waals surface area contributed by atoms with Crippen LogP contribution in [-0.2, 0) is 42.6 Å². The second-order valence-electron chi connectivity index (χ2n) is 14.6. The molecule has 3 N–H and O–H groups in total. The minimum Gasteiger partial charge on any atom is -0.394 e. The zero-order chi connectivity index (χ0) is 45.6. The Balaban J connectivity index is 0.000000290. The molecular weight excluding hydrogens is 881 g/mol. The summed E-state index contributed by atoms with van der Waals surface area (Å²) in [7, 11) is 1.65. The fraction of sp³-hybridized carbons (Fsp3) is 0.480. The number of rotatable bonds is 33. The van der Waals surface area contributed by atoms with Crippen LogP contribution >= 0.6 is 22.7 Å². The number of thiazole rings is 2. The van der Waals surface area contributed by atoms with Gasteiger partial charge in [-0.15, -0.1) is 22.7 Å². The molecule has 0 radical (unpaired) electrons. The Hall–Kier alpha value is -4.14. The lowest BCUT2D eigenvalue weighted by Crippen LogP contribution is -2.15. The first-order chi connectivity index (χ1) is 32.0. The van der Waals surface area contributed by atoms with Gasteiger partial charge < -0.3 is 58.4 Å². The highest BCUT2D eigenvalue weighted by Gasteiger charge is 2.08. The van der Waals surface area contributed by atoms with E-state index in [2.05, 4.69) is 109 Å². The Bertz CT molecular complexity index is 2150. The number of ether oxygens (including phenoxy) is 9. The van der Waals surface area contributed by atoms with Crippen molar-refractivity contribution < 1.29 is 47.7 Å². The molecule has 0 aliphatic carbocycles. The maximum Gasteiger partial charge on any atom is 0.124 e. The van der Waals surface area contributed by atoms with E-state index in [1.165, 1.54) is 20.5 Å². The Morgan fingerprint density at radius 3 is 1.12 bits per heavy atom. The normalized spacial score (nSPS) is 11.2. The predicted octanol–water partition coefficient (Wildman–Crippen LogP) is 8.77. The standard InChI is InChI=1S/C27H38N2O6S.C22H28N2O4S.CH4/c1-22-3-8-25-26(21-22)36-27(29-25)23-4-6-24(7-5-23)28-9-10-31-13-14-33-17-18-35-20-19-34-16-15-32-12-11-30-2;1-17-2-7-20-21(16-17)29-22(24-20)18-3-5-19(6-4-18)23-8-10-26-12-14-28-15-13-27-11-9-25;/h3-8,21,28H,9-20H2,1-2H3;2-7,16,23,25H,8-15H2,1H3;1H4. The SMILES string of the molecule is C.COCCOCCOCCOCCOCCOCCNc1ccc(-c2nc3ccc(C)cc3s2)cc1.Cc1ccc2nc(-c3ccc(NCCOCCOCCOCCO)cc3)sc2c1. The van der Waals surface area contributed by atoms with Gasteiger partial charge >= 0.3 is 0 Å². The van der Waals surface area contributed by atoms with Crippen molar-refractivity contribution in [3.63, 3.8) is 0 Å². The maximum atomic E-state index is 8.58. The van der Waals surface area contributed by atoms with Crippen molar-refractivity contribution in [2.75, 3.05) is 150 Å². The van der Waals surface area contributed by atoms with Gasteiger partial charge in [0, 0.05) is 42.7 Å². The molecule has 66 heavy (non-hydrogen) atoms. The molecule has 0 atom stereocenters. The van der Waals surface area contributed by atoms with E-state index in [4.69, 9.17) is 57.7 Å². The van der Waals surface area contributed by atoms with E-state index in [9.17, 15) is 0 Å². The third-order valence-electron chi connectivity index (χ3n) is 9.40. The number of hydrogen-bond donors (Lipinski definition) is 3. The molecule has 6 rings (SSSR count). The first kappa shape index (κ1) is 54.5. The third kappa shape index (κ3) is 21.2. The summed E-state index contributed by atoms with van der Waals surface area (Å²) in [5.41, 5.74) is 9.01. The highest BCUT2D eigenvalue weighted by molar-refractivity contribution is 7.22. The molecule has 4 aromatic carbocycles. The van der Waals surface area contributed by atoms with Crippen LogP contribution in [0.2, 0.25) is 0 Å². The minimum absolute atomic E-state index is 0. The van der Waals surface area contributed by atoms with Crippen LogP contribution in [-0.4, -0.2) is 154 Å². The molecule has 16 heteroatoms. The van der Waals surface area contributed by atoms with E-state index < -0.39 is 0 Å². The lowest BCUT2D eigenvalue weighted by molar-refractivity contribution is -0.0141. The number of aliphatic hydroxyl groups is 1. The van der Waals surface area contributed by atoms with Crippen LogP contribution in [0.25, 0.3) is 41.6 Å². The first-order valence-electron chi connectivity index (χ1n) is 22.2. The third-order valence-corrected chi connectivity index (χ3v) is 11.5. The monoisotopic (exact) mass is 950 g/mol. The molecule has 14 nitrogen and oxygen atoms in total. The molecule has 2 heterocycles. The molecular formula is C50H70N4O10S2. The summed E-state index contributed by atoms with van der Waals surface area (Å²) in [6, 6.07) is 29.4. The molecule has 0 spiro atoms. The number of aromatic nitrogens is 2. The van der Waals surface area contributed by atoms with Gasteiger partial charge in [0.1, 0.15) is 10.0 Å². The van der Waals surface area contributed by atoms with Crippen molar-refractivity contribution in [2.24, 2.45) is 0 Å². The summed E-state index contributed by atoms with van der Waals surface area (Å²) in [6.07, 6.45) is 0. The largest absolute Gasteiger partial charge is 0.394 e. The van der Waals surface area contributed by atoms with Crippen molar-refractivity contribution >= 4 is 54.5 Å². The molecule has 0 aliphatic heterocycles. The second-order valence-corrected chi connectivity index (χ2v) is 16.7. The summed E-state index contributed by atoms with van der Waals surface area (Å²) >= 11 is 3.45. The Morgan fingerprint density at radius 2 is 0.773 bits per heavy atom. The number of hydrogen-bond acceptors (Lipinski definition) is 16. The summed E-state index contributed by atoms with van der Waals surface area (Å²) in [4.78, 5) is 9.48. The van der Waals surface area contributed by atoms with E-state index in [1.807, 2.05) is 0 Å². The fourth-order valence-electron chi connectivity index (χ4n) is 6.04. The zero-order valence-corrected chi connectivity index (χ0v) is 39.7. The minimum atomic E-state index is 0. The van der Waals surface area contributed by atoms with Crippen molar-refractivity contribution in [2.45, 2.75) is 21.3 Å². The molecule has 2 aromatic heterocycles. The number of anilines is 2. The molecule has 0 bridgehead atoms. The van der Waals surface area contributed by atoms with Gasteiger partial charge in [-0.25, -0.2) is 9.97 Å². The number of nitrogens with one attached hydrogen (secondary N) is 2. The van der Waals surface area contributed by atoms with E-state index in [0.29, 0.717) is 112 Å². The average molecular weight is 951 g/mol. The summed E-state index contributed by atoms with van der Waals surface area (Å²) in [5.74, 6) is 0. The molecule has 6 aromatic rings. The lowest BCUT2D eigenvalue weighted by atomic mass is 10.2. The highest BCUT2D eigenvalue weighted by Crippen LogP contribution is 2.32. The zero-order valence-electron chi connectivity index (χ0n) is 38.1. The fourth-order valence-corrected chi connectivity index (χ4v) is 8.18. The molecule has 0 fully saturated rings. The van der Waals surface area contributed by atoms with Gasteiger partial charge in [-0.3, -0.25) is 0 Å².